The number of aliphatic hydroxyl groups excluding tert-OH is 3. The van der Waals surface area contributed by atoms with E-state index in [4.69, 9.17) is 4.74 Å². The van der Waals surface area contributed by atoms with E-state index in [1.165, 1.54) is 11.0 Å². The first-order chi connectivity index (χ1) is 13.7. The van der Waals surface area contributed by atoms with Crippen LogP contribution in [0.3, 0.4) is 0 Å². The molecule has 2 aliphatic heterocycles. The lowest BCUT2D eigenvalue weighted by atomic mass is 10.1. The Morgan fingerprint density at radius 3 is 2.64 bits per heavy atom. The zero-order chi connectivity index (χ0) is 19.3. The summed E-state index contributed by atoms with van der Waals surface area (Å²) in [5.74, 6) is 0.712. The highest BCUT2D eigenvalue weighted by atomic mass is 16.6. The highest BCUT2D eigenvalue weighted by Crippen LogP contribution is 2.36. The summed E-state index contributed by atoms with van der Waals surface area (Å²) in [6, 6.07) is 10.0. The summed E-state index contributed by atoms with van der Waals surface area (Å²) in [7, 11) is 0. The molecule has 0 unspecified atom stereocenters. The molecule has 144 valence electrons. The van der Waals surface area contributed by atoms with Crippen molar-refractivity contribution in [3.05, 3.63) is 54.1 Å². The molecule has 9 nitrogen and oxygen atoms in total. The van der Waals surface area contributed by atoms with Gasteiger partial charge in [0.25, 0.3) is 0 Å². The van der Waals surface area contributed by atoms with E-state index in [9.17, 15) is 15.3 Å². The van der Waals surface area contributed by atoms with Crippen LogP contribution >= 0.6 is 0 Å². The van der Waals surface area contributed by atoms with Crippen molar-refractivity contribution >= 4 is 22.9 Å². The molecule has 2 aromatic heterocycles. The Balaban J connectivity index is 1.55. The van der Waals surface area contributed by atoms with E-state index in [2.05, 4.69) is 15.1 Å². The lowest BCUT2D eigenvalue weighted by Gasteiger charge is -2.22. The molecule has 3 N–H and O–H groups in total. The molecule has 28 heavy (non-hydrogen) atoms. The van der Waals surface area contributed by atoms with Gasteiger partial charge in [0.05, 0.1) is 17.7 Å². The summed E-state index contributed by atoms with van der Waals surface area (Å²) in [6.07, 6.45) is 0.967. The molecule has 0 spiro atoms. The van der Waals surface area contributed by atoms with Gasteiger partial charge < -0.3 is 25.0 Å². The number of nitrogens with zero attached hydrogens (tertiary/aromatic N) is 5. The lowest BCUT2D eigenvalue weighted by Crippen LogP contribution is -2.33. The minimum atomic E-state index is -1.23. The number of rotatable bonds is 4. The Morgan fingerprint density at radius 1 is 1.07 bits per heavy atom. The summed E-state index contributed by atoms with van der Waals surface area (Å²) >= 11 is 0. The molecule has 0 bridgehead atoms. The minimum Gasteiger partial charge on any atom is -0.394 e. The molecule has 0 amide bonds. The highest BCUT2D eigenvalue weighted by molar-refractivity contribution is 5.97. The van der Waals surface area contributed by atoms with E-state index < -0.39 is 31.1 Å². The molecular formula is C19H19N5O4. The van der Waals surface area contributed by atoms with Gasteiger partial charge in [0.15, 0.2) is 11.9 Å². The molecule has 1 saturated heterocycles. The first-order valence-electron chi connectivity index (χ1n) is 9.02. The molecule has 1 fully saturated rings. The number of anilines is 1. The number of aliphatic hydroxyl groups is 3. The summed E-state index contributed by atoms with van der Waals surface area (Å²) in [5.41, 5.74) is 2.29. The van der Waals surface area contributed by atoms with Gasteiger partial charge >= 0.3 is 0 Å². The van der Waals surface area contributed by atoms with E-state index in [1.54, 1.807) is 0 Å². The van der Waals surface area contributed by atoms with Gasteiger partial charge in [0.1, 0.15) is 30.5 Å². The van der Waals surface area contributed by atoms with Gasteiger partial charge in [0.2, 0.25) is 0 Å². The van der Waals surface area contributed by atoms with Crippen LogP contribution in [0.4, 0.5) is 5.82 Å². The van der Waals surface area contributed by atoms with Gasteiger partial charge in [-0.1, -0.05) is 30.3 Å². The maximum atomic E-state index is 10.4. The Kier molecular flexibility index (Phi) is 4.09. The molecule has 9 heteroatoms. The topological polar surface area (TPSA) is 117 Å². The van der Waals surface area contributed by atoms with Crippen LogP contribution in [-0.2, 0) is 11.3 Å². The number of hydrogen-bond donors (Lipinski definition) is 3. The summed E-state index contributed by atoms with van der Waals surface area (Å²) in [6.45, 7) is 0.244. The highest BCUT2D eigenvalue weighted by Gasteiger charge is 2.45. The van der Waals surface area contributed by atoms with Crippen molar-refractivity contribution in [2.75, 3.05) is 11.5 Å². The molecule has 4 heterocycles. The van der Waals surface area contributed by atoms with Crippen molar-refractivity contribution in [2.45, 2.75) is 31.1 Å². The van der Waals surface area contributed by atoms with Crippen molar-refractivity contribution in [3.8, 4) is 0 Å². The average molecular weight is 381 g/mol. The fourth-order valence-corrected chi connectivity index (χ4v) is 3.72. The van der Waals surface area contributed by atoms with Crippen LogP contribution in [-0.4, -0.2) is 60.0 Å². The van der Waals surface area contributed by atoms with E-state index in [0.29, 0.717) is 23.7 Å². The average Bonchev–Trinajstić information content (AvgIpc) is 3.24. The normalized spacial score (nSPS) is 26.3. The molecule has 0 radical (unpaired) electrons. The third kappa shape index (κ3) is 2.60. The first kappa shape index (κ1) is 17.3. The molecule has 2 aliphatic rings. The van der Waals surface area contributed by atoms with Gasteiger partial charge in [-0.15, -0.1) is 0 Å². The molecule has 1 aromatic carbocycles. The van der Waals surface area contributed by atoms with E-state index >= 15 is 0 Å². The second-order valence-corrected chi connectivity index (χ2v) is 6.88. The van der Waals surface area contributed by atoms with Crippen LogP contribution in [0.1, 0.15) is 17.5 Å². The Labute approximate surface area is 160 Å². The molecule has 0 aliphatic carbocycles. The van der Waals surface area contributed by atoms with Gasteiger partial charge in [-0.05, 0) is 11.6 Å². The fraction of sp³-hybridized carbons (Fsp3) is 0.316. The maximum Gasteiger partial charge on any atom is 0.181 e. The first-order valence-corrected chi connectivity index (χ1v) is 9.02. The Hall–Kier alpha value is -2.85. The standard InChI is InChI=1S/C19H19N5O4/c25-9-13-15(26)16(27)19(28-13)24-18-14-12(22-24)6-7-23(17(14)20-10-21-18)8-11-4-2-1-3-5-11/h1-7,10,13,15-16,19,25-27H,8-9H2/t13-,15-,16-,19-/m1/s1. The van der Waals surface area contributed by atoms with Crippen LogP contribution in [0, 0.1) is 0 Å². The zero-order valence-electron chi connectivity index (χ0n) is 14.8. The Morgan fingerprint density at radius 2 is 1.89 bits per heavy atom. The maximum absolute atomic E-state index is 10.4. The number of ether oxygens (including phenoxy) is 1. The second kappa shape index (κ2) is 6.64. The van der Waals surface area contributed by atoms with Crippen LogP contribution in [0.15, 0.2) is 42.9 Å². The van der Waals surface area contributed by atoms with E-state index in [-0.39, 0.29) is 0 Å². The van der Waals surface area contributed by atoms with Crippen LogP contribution in [0.2, 0.25) is 0 Å². The molecule has 4 atom stereocenters. The van der Waals surface area contributed by atoms with Crippen LogP contribution in [0.25, 0.3) is 17.1 Å². The summed E-state index contributed by atoms with van der Waals surface area (Å²) < 4.78 is 7.08. The van der Waals surface area contributed by atoms with E-state index in [1.807, 2.05) is 47.5 Å². The smallest absolute Gasteiger partial charge is 0.181 e. The second-order valence-electron chi connectivity index (χ2n) is 6.88. The van der Waals surface area contributed by atoms with Crippen molar-refractivity contribution in [1.82, 2.24) is 19.7 Å². The number of benzene rings is 1. The predicted molar refractivity (Wildman–Crippen MR) is 100.0 cm³/mol. The Bertz CT molecular complexity index is 1040. The molecule has 3 aromatic rings. The minimum absolute atomic E-state index is 0.397. The number of aromatic nitrogens is 4. The third-order valence-corrected chi connectivity index (χ3v) is 5.13. The van der Waals surface area contributed by atoms with Crippen LogP contribution < -0.4 is 4.90 Å². The van der Waals surface area contributed by atoms with Crippen molar-refractivity contribution in [2.24, 2.45) is 0 Å². The monoisotopic (exact) mass is 381 g/mol. The molecular weight excluding hydrogens is 362 g/mol. The van der Waals surface area contributed by atoms with Crippen molar-refractivity contribution < 1.29 is 20.1 Å². The number of hydrogen-bond acceptors (Lipinski definition) is 8. The lowest BCUT2D eigenvalue weighted by molar-refractivity contribution is -0.0566. The largest absolute Gasteiger partial charge is 0.394 e. The van der Waals surface area contributed by atoms with Gasteiger partial charge in [-0.3, -0.25) is 0 Å². The van der Waals surface area contributed by atoms with Crippen molar-refractivity contribution in [1.29, 1.82) is 0 Å². The predicted octanol–water partition coefficient (Wildman–Crippen LogP) is 0.429. The van der Waals surface area contributed by atoms with Gasteiger partial charge in [-0.2, -0.15) is 5.10 Å². The van der Waals surface area contributed by atoms with E-state index in [0.717, 1.165) is 10.9 Å². The summed E-state index contributed by atoms with van der Waals surface area (Å²) in [5, 5.41) is 35.0. The van der Waals surface area contributed by atoms with Crippen LogP contribution in [0.5, 0.6) is 0 Å². The van der Waals surface area contributed by atoms with Crippen molar-refractivity contribution in [3.63, 3.8) is 0 Å². The quantitative estimate of drug-likeness (QED) is 0.596. The SMILES string of the molecule is OC[C@H]1O[C@@H](n2nc3c4c(ncnc42)N(Cc2ccccc2)C=C3)[C@H](O)[C@@H]1O. The van der Waals surface area contributed by atoms with Gasteiger partial charge in [0, 0.05) is 12.7 Å². The molecule has 5 rings (SSSR count). The summed E-state index contributed by atoms with van der Waals surface area (Å²) in [4.78, 5) is 10.8. The third-order valence-electron chi connectivity index (χ3n) is 5.13. The fourth-order valence-electron chi connectivity index (χ4n) is 3.72. The zero-order valence-corrected chi connectivity index (χ0v) is 14.8. The molecule has 0 saturated carbocycles. The van der Waals surface area contributed by atoms with Gasteiger partial charge in [-0.25, -0.2) is 14.6 Å².